The second kappa shape index (κ2) is 8.12. The molecule has 1 aromatic rings. The van der Waals surface area contributed by atoms with Crippen LogP contribution in [0.15, 0.2) is 24.3 Å². The number of hydrogen-bond acceptors (Lipinski definition) is 3. The van der Waals surface area contributed by atoms with Crippen LogP contribution in [0.5, 0.6) is 0 Å². The SMILES string of the molecule is O=C(O)[C@@H]1C[C@H](Cc2cccc(C(F)(F)F)c2)CN1C(=O)CCCS. The molecule has 0 radical (unpaired) electrons. The van der Waals surface area contributed by atoms with Gasteiger partial charge >= 0.3 is 12.1 Å². The molecule has 0 unspecified atom stereocenters. The molecule has 0 aromatic heterocycles. The molecule has 1 aromatic carbocycles. The van der Waals surface area contributed by atoms with Gasteiger partial charge in [-0.25, -0.2) is 4.79 Å². The Morgan fingerprint density at radius 3 is 2.64 bits per heavy atom. The molecule has 1 aliphatic heterocycles. The molecular weight excluding hydrogens is 355 g/mol. The Hall–Kier alpha value is -1.70. The highest BCUT2D eigenvalue weighted by atomic mass is 32.1. The van der Waals surface area contributed by atoms with Gasteiger partial charge in [-0.15, -0.1) is 0 Å². The standard InChI is InChI=1S/C17H20F3NO3S/c18-17(19,20)13-4-1-3-11(8-13)7-12-9-14(16(23)24)21(10-12)15(22)5-2-6-25/h1,3-4,8,12,14,25H,2,5-7,9-10H2,(H,23,24)/t12-,14-/m0/s1. The normalized spacial score (nSPS) is 20.7. The van der Waals surface area contributed by atoms with Gasteiger partial charge in [0.25, 0.3) is 0 Å². The summed E-state index contributed by atoms with van der Waals surface area (Å²) in [6.07, 6.45) is -3.07. The first-order chi connectivity index (χ1) is 11.7. The Labute approximate surface area is 149 Å². The monoisotopic (exact) mass is 375 g/mol. The summed E-state index contributed by atoms with van der Waals surface area (Å²) in [6, 6.07) is 4.11. The van der Waals surface area contributed by atoms with E-state index in [1.165, 1.54) is 11.0 Å². The first-order valence-electron chi connectivity index (χ1n) is 8.01. The number of aliphatic carboxylic acids is 1. The van der Waals surface area contributed by atoms with Gasteiger partial charge in [0.1, 0.15) is 6.04 Å². The maximum Gasteiger partial charge on any atom is 0.416 e. The molecule has 0 spiro atoms. The van der Waals surface area contributed by atoms with Crippen molar-refractivity contribution in [3.8, 4) is 0 Å². The quantitative estimate of drug-likeness (QED) is 0.751. The first-order valence-corrected chi connectivity index (χ1v) is 8.65. The van der Waals surface area contributed by atoms with Crippen LogP contribution >= 0.6 is 12.6 Å². The topological polar surface area (TPSA) is 57.6 Å². The van der Waals surface area contributed by atoms with Gasteiger partial charge in [-0.1, -0.05) is 18.2 Å². The van der Waals surface area contributed by atoms with Crippen LogP contribution in [0.3, 0.4) is 0 Å². The van der Waals surface area contributed by atoms with Gasteiger partial charge in [-0.2, -0.15) is 25.8 Å². The van der Waals surface area contributed by atoms with E-state index in [4.69, 9.17) is 0 Å². The molecule has 2 atom stereocenters. The molecular formula is C17H20F3NO3S. The fourth-order valence-corrected chi connectivity index (χ4v) is 3.32. The maximum absolute atomic E-state index is 12.8. The molecule has 0 aliphatic carbocycles. The van der Waals surface area contributed by atoms with E-state index >= 15 is 0 Å². The minimum atomic E-state index is -4.41. The third-order valence-electron chi connectivity index (χ3n) is 4.32. The van der Waals surface area contributed by atoms with Crippen LogP contribution in [0, 0.1) is 5.92 Å². The maximum atomic E-state index is 12.8. The molecule has 8 heteroatoms. The van der Waals surface area contributed by atoms with E-state index in [0.717, 1.165) is 12.1 Å². The number of nitrogens with zero attached hydrogens (tertiary/aromatic N) is 1. The number of amides is 1. The average molecular weight is 375 g/mol. The number of carboxylic acids is 1. The number of hydrogen-bond donors (Lipinski definition) is 2. The highest BCUT2D eigenvalue weighted by Crippen LogP contribution is 2.32. The number of halogens is 3. The fraction of sp³-hybridized carbons (Fsp3) is 0.529. The van der Waals surface area contributed by atoms with Crippen molar-refractivity contribution in [3.63, 3.8) is 0 Å². The van der Waals surface area contributed by atoms with Gasteiger partial charge in [0.15, 0.2) is 0 Å². The Morgan fingerprint density at radius 2 is 2.04 bits per heavy atom. The molecule has 1 aliphatic rings. The van der Waals surface area contributed by atoms with E-state index in [2.05, 4.69) is 12.6 Å². The van der Waals surface area contributed by atoms with Crippen LogP contribution in [-0.2, 0) is 22.2 Å². The summed E-state index contributed by atoms with van der Waals surface area (Å²) >= 11 is 4.04. The van der Waals surface area contributed by atoms with Crippen molar-refractivity contribution in [1.29, 1.82) is 0 Å². The highest BCUT2D eigenvalue weighted by Gasteiger charge is 2.39. The van der Waals surface area contributed by atoms with Crippen molar-refractivity contribution in [2.45, 2.75) is 37.9 Å². The van der Waals surface area contributed by atoms with Crippen LogP contribution in [0.25, 0.3) is 0 Å². The number of likely N-dealkylation sites (tertiary alicyclic amines) is 1. The number of alkyl halides is 3. The molecule has 1 saturated heterocycles. The highest BCUT2D eigenvalue weighted by molar-refractivity contribution is 7.80. The molecule has 1 fully saturated rings. The van der Waals surface area contributed by atoms with Gasteiger partial charge in [-0.3, -0.25) is 4.79 Å². The van der Waals surface area contributed by atoms with Crippen molar-refractivity contribution in [2.75, 3.05) is 12.3 Å². The summed E-state index contributed by atoms with van der Waals surface area (Å²) < 4.78 is 38.4. The van der Waals surface area contributed by atoms with Crippen molar-refractivity contribution >= 4 is 24.5 Å². The molecule has 138 valence electrons. The summed E-state index contributed by atoms with van der Waals surface area (Å²) in [5.74, 6) is -0.964. The van der Waals surface area contributed by atoms with Crippen molar-refractivity contribution in [3.05, 3.63) is 35.4 Å². The number of carbonyl (C=O) groups is 2. The predicted octanol–water partition coefficient (Wildman–Crippen LogP) is 3.26. The van der Waals surface area contributed by atoms with Crippen LogP contribution < -0.4 is 0 Å². The zero-order chi connectivity index (χ0) is 18.6. The summed E-state index contributed by atoms with van der Waals surface area (Å²) in [5, 5.41) is 9.33. The Balaban J connectivity index is 2.08. The summed E-state index contributed by atoms with van der Waals surface area (Å²) in [5.41, 5.74) is -0.229. The fourth-order valence-electron chi connectivity index (χ4n) is 3.16. The number of benzene rings is 1. The van der Waals surface area contributed by atoms with Gasteiger partial charge < -0.3 is 10.0 Å². The van der Waals surface area contributed by atoms with Gasteiger partial charge in [0, 0.05) is 13.0 Å². The first kappa shape index (κ1) is 19.6. The largest absolute Gasteiger partial charge is 0.480 e. The number of carboxylic acid groups (broad SMARTS) is 1. The second-order valence-corrected chi connectivity index (χ2v) is 6.68. The third kappa shape index (κ3) is 5.14. The Morgan fingerprint density at radius 1 is 1.32 bits per heavy atom. The third-order valence-corrected chi connectivity index (χ3v) is 4.64. The average Bonchev–Trinajstić information content (AvgIpc) is 2.96. The lowest BCUT2D eigenvalue weighted by atomic mass is 9.95. The molecule has 2 rings (SSSR count). The zero-order valence-electron chi connectivity index (χ0n) is 13.5. The lowest BCUT2D eigenvalue weighted by Crippen LogP contribution is -2.40. The molecule has 0 bridgehead atoms. The molecule has 1 N–H and O–H groups in total. The second-order valence-electron chi connectivity index (χ2n) is 6.23. The van der Waals surface area contributed by atoms with Crippen molar-refractivity contribution in [1.82, 2.24) is 4.90 Å². The van der Waals surface area contributed by atoms with Gasteiger partial charge in [0.2, 0.25) is 5.91 Å². The summed E-state index contributed by atoms with van der Waals surface area (Å²) in [6.45, 7) is 0.249. The van der Waals surface area contributed by atoms with Crippen LogP contribution in [-0.4, -0.2) is 40.2 Å². The minimum absolute atomic E-state index is 0.176. The molecule has 4 nitrogen and oxygen atoms in total. The molecule has 25 heavy (non-hydrogen) atoms. The zero-order valence-corrected chi connectivity index (χ0v) is 14.4. The smallest absolute Gasteiger partial charge is 0.416 e. The Bertz CT molecular complexity index is 636. The summed E-state index contributed by atoms with van der Waals surface area (Å²) in [4.78, 5) is 24.9. The number of rotatable bonds is 6. The van der Waals surface area contributed by atoms with Crippen molar-refractivity contribution < 1.29 is 27.9 Å². The van der Waals surface area contributed by atoms with E-state index in [1.807, 2.05) is 0 Å². The minimum Gasteiger partial charge on any atom is -0.480 e. The van der Waals surface area contributed by atoms with Crippen LogP contribution in [0.4, 0.5) is 13.2 Å². The van der Waals surface area contributed by atoms with E-state index in [-0.39, 0.29) is 31.2 Å². The lowest BCUT2D eigenvalue weighted by molar-refractivity contribution is -0.148. The summed E-state index contributed by atoms with van der Waals surface area (Å²) in [7, 11) is 0. The van der Waals surface area contributed by atoms with Crippen LogP contribution in [0.1, 0.15) is 30.4 Å². The van der Waals surface area contributed by atoms with E-state index in [0.29, 0.717) is 24.2 Å². The predicted molar refractivity (Wildman–Crippen MR) is 89.5 cm³/mol. The molecule has 1 amide bonds. The molecule has 0 saturated carbocycles. The van der Waals surface area contributed by atoms with Crippen molar-refractivity contribution in [2.24, 2.45) is 5.92 Å². The molecule has 1 heterocycles. The van der Waals surface area contributed by atoms with E-state index < -0.39 is 23.8 Å². The van der Waals surface area contributed by atoms with Crippen LogP contribution in [0.2, 0.25) is 0 Å². The van der Waals surface area contributed by atoms with E-state index in [9.17, 15) is 27.9 Å². The Kier molecular flexibility index (Phi) is 6.37. The van der Waals surface area contributed by atoms with Gasteiger partial charge in [-0.05, 0) is 42.6 Å². The number of carbonyl (C=O) groups excluding carboxylic acids is 1. The number of thiol groups is 1. The van der Waals surface area contributed by atoms with Gasteiger partial charge in [0.05, 0.1) is 5.56 Å². The lowest BCUT2D eigenvalue weighted by Gasteiger charge is -2.21. The van der Waals surface area contributed by atoms with E-state index in [1.54, 1.807) is 6.07 Å².